The molecule has 7 rings (SSSR count). The molecule has 308 valence electrons. The number of phenols is 2. The number of anilines is 2. The largest absolute Gasteiger partial charge is 0.505 e. The van der Waals surface area contributed by atoms with Crippen LogP contribution in [0.15, 0.2) is 141 Å². The summed E-state index contributed by atoms with van der Waals surface area (Å²) in [7, 11) is -4.45. The lowest BCUT2D eigenvalue weighted by atomic mass is 10.0. The van der Waals surface area contributed by atoms with Gasteiger partial charge in [0.2, 0.25) is 0 Å². The summed E-state index contributed by atoms with van der Waals surface area (Å²) in [6, 6.07) is 25.6. The van der Waals surface area contributed by atoms with E-state index in [1.54, 1.807) is 48.5 Å². The highest BCUT2D eigenvalue weighted by atomic mass is 35.5. The molecule has 0 aromatic heterocycles. The first-order chi connectivity index (χ1) is 28.9. The van der Waals surface area contributed by atoms with Gasteiger partial charge in [-0.25, -0.2) is 0 Å². The Bertz CT molecular complexity index is 3120. The van der Waals surface area contributed by atoms with E-state index in [0.717, 1.165) is 24.3 Å². The molecular formula is C41H24Cl3F3N6O7S. The van der Waals surface area contributed by atoms with Gasteiger partial charge < -0.3 is 20.8 Å². The van der Waals surface area contributed by atoms with Crippen LogP contribution in [0.25, 0.3) is 21.5 Å². The van der Waals surface area contributed by atoms with Gasteiger partial charge in [-0.2, -0.15) is 26.7 Å². The molecule has 0 saturated heterocycles. The van der Waals surface area contributed by atoms with Gasteiger partial charge in [-0.3, -0.25) is 14.1 Å². The third-order valence-corrected chi connectivity index (χ3v) is 10.8. The van der Waals surface area contributed by atoms with E-state index in [2.05, 4.69) is 31.1 Å². The number of hydrogen-bond donors (Lipinski definition) is 5. The van der Waals surface area contributed by atoms with Crippen molar-refractivity contribution in [3.05, 3.63) is 147 Å². The Balaban J connectivity index is 1.15. The van der Waals surface area contributed by atoms with Crippen LogP contribution in [-0.2, 0) is 16.3 Å². The lowest BCUT2D eigenvalue weighted by molar-refractivity contribution is -0.137. The van der Waals surface area contributed by atoms with Gasteiger partial charge >= 0.3 is 6.18 Å². The van der Waals surface area contributed by atoms with Crippen molar-refractivity contribution in [2.24, 2.45) is 20.5 Å². The number of alkyl halides is 3. The van der Waals surface area contributed by atoms with Crippen molar-refractivity contribution in [1.82, 2.24) is 0 Å². The Morgan fingerprint density at radius 1 is 0.590 bits per heavy atom. The maximum Gasteiger partial charge on any atom is 0.416 e. The van der Waals surface area contributed by atoms with Crippen molar-refractivity contribution in [3.8, 4) is 11.5 Å². The maximum atomic E-state index is 13.7. The predicted octanol–water partition coefficient (Wildman–Crippen LogP) is 13.0. The van der Waals surface area contributed by atoms with Crippen molar-refractivity contribution in [1.29, 1.82) is 0 Å². The summed E-state index contributed by atoms with van der Waals surface area (Å²) in [4.78, 5) is 26.9. The Labute approximate surface area is 357 Å². The van der Waals surface area contributed by atoms with Crippen molar-refractivity contribution < 1.29 is 45.9 Å². The zero-order valence-electron chi connectivity index (χ0n) is 30.4. The van der Waals surface area contributed by atoms with Crippen LogP contribution < -0.4 is 10.6 Å². The summed E-state index contributed by atoms with van der Waals surface area (Å²) in [5.41, 5.74) is -2.18. The monoisotopic (exact) mass is 906 g/mol. The van der Waals surface area contributed by atoms with Gasteiger partial charge in [-0.05, 0) is 77.5 Å². The lowest BCUT2D eigenvalue weighted by Crippen LogP contribution is -2.14. The first-order valence-electron chi connectivity index (χ1n) is 17.3. The van der Waals surface area contributed by atoms with Crippen LogP contribution in [0.2, 0.25) is 15.1 Å². The average molecular weight is 908 g/mol. The van der Waals surface area contributed by atoms with Crippen molar-refractivity contribution >= 4 is 112 Å². The molecule has 0 unspecified atom stereocenters. The molecule has 13 nitrogen and oxygen atoms in total. The first-order valence-corrected chi connectivity index (χ1v) is 19.9. The van der Waals surface area contributed by atoms with Gasteiger partial charge in [0, 0.05) is 10.8 Å². The van der Waals surface area contributed by atoms with Crippen LogP contribution in [-0.4, -0.2) is 35.0 Å². The molecule has 0 aliphatic heterocycles. The summed E-state index contributed by atoms with van der Waals surface area (Å²) < 4.78 is 72.2. The molecule has 20 heteroatoms. The SMILES string of the molecule is O=C(Nc1cc(Cl)c(NC(=O)c2cc3ccccc3c(/N=N/c3cc(C(F)(F)F)ccc3Cl)c2O)cc1Cl)c1cc2ccccc2c(/N=N/c2ccc(S(=O)(=O)O)cc2)c1O. The minimum atomic E-state index is -4.69. The number of carbonyl (C=O) groups excluding carboxylic acids is 2. The van der Waals surface area contributed by atoms with E-state index < -0.39 is 45.2 Å². The average Bonchev–Trinajstić information content (AvgIpc) is 3.21. The lowest BCUT2D eigenvalue weighted by Gasteiger charge is -2.15. The summed E-state index contributed by atoms with van der Waals surface area (Å²) in [5, 5.41) is 45.0. The fraction of sp³-hybridized carbons (Fsp3) is 0.0244. The van der Waals surface area contributed by atoms with Crippen molar-refractivity contribution in [3.63, 3.8) is 0 Å². The number of nitrogens with zero attached hydrogens (tertiary/aromatic N) is 4. The van der Waals surface area contributed by atoms with Crippen molar-refractivity contribution in [2.45, 2.75) is 11.1 Å². The zero-order chi connectivity index (χ0) is 43.8. The molecule has 5 N–H and O–H groups in total. The number of rotatable bonds is 9. The molecular weight excluding hydrogens is 884 g/mol. The number of amides is 2. The van der Waals surface area contributed by atoms with E-state index in [0.29, 0.717) is 27.6 Å². The summed E-state index contributed by atoms with van der Waals surface area (Å²) >= 11 is 19.2. The standard InChI is InChI=1S/C41H24Cl3F3N6O7S/c42-29-14-9-22(41(45,46)47)17-34(29)51-53-36-26-8-4-2-6-21(26)16-28(38(36)55)40(57)49-33-19-30(43)32(18-31(33)44)48-39(56)27-15-20-5-1-3-7-25(20)35(37(27)54)52-50-23-10-12-24(13-11-23)61(58,59)60/h1-19,54-55H,(H,48,56)(H,49,57)(H,58,59,60)/b52-50+,53-51+. The number of fused-ring (bicyclic) bond motifs is 2. The molecule has 0 bridgehead atoms. The quantitative estimate of drug-likeness (QED) is 0.0700. The van der Waals surface area contributed by atoms with Crippen molar-refractivity contribution in [2.75, 3.05) is 10.6 Å². The van der Waals surface area contributed by atoms with Crippen LogP contribution in [0.5, 0.6) is 11.5 Å². The van der Waals surface area contributed by atoms with Crippen LogP contribution >= 0.6 is 34.8 Å². The number of carbonyl (C=O) groups is 2. The molecule has 0 fully saturated rings. The molecule has 0 atom stereocenters. The summed E-state index contributed by atoms with van der Waals surface area (Å²) in [6.45, 7) is 0. The molecule has 0 spiro atoms. The number of halogens is 6. The second-order valence-electron chi connectivity index (χ2n) is 12.9. The second-order valence-corrected chi connectivity index (χ2v) is 15.6. The fourth-order valence-corrected chi connectivity index (χ4v) is 7.02. The highest BCUT2D eigenvalue weighted by molar-refractivity contribution is 7.85. The van der Waals surface area contributed by atoms with Crippen LogP contribution in [0.1, 0.15) is 26.3 Å². The van der Waals surface area contributed by atoms with E-state index in [9.17, 15) is 45.9 Å². The number of nitrogens with one attached hydrogen (secondary N) is 2. The van der Waals surface area contributed by atoms with Gasteiger partial charge in [-0.15, -0.1) is 15.3 Å². The Kier molecular flexibility index (Phi) is 11.7. The van der Waals surface area contributed by atoms with Gasteiger partial charge in [0.1, 0.15) is 17.1 Å². The Morgan fingerprint density at radius 3 is 1.54 bits per heavy atom. The summed E-state index contributed by atoms with van der Waals surface area (Å²) in [5.74, 6) is -2.98. The third kappa shape index (κ3) is 9.11. The van der Waals surface area contributed by atoms with Crippen LogP contribution in [0, 0.1) is 0 Å². The topological polar surface area (TPSA) is 202 Å². The minimum absolute atomic E-state index is 0.0335. The highest BCUT2D eigenvalue weighted by Gasteiger charge is 2.31. The number of aromatic hydroxyl groups is 2. The van der Waals surface area contributed by atoms with Gasteiger partial charge in [0.25, 0.3) is 21.9 Å². The summed E-state index contributed by atoms with van der Waals surface area (Å²) in [6.07, 6.45) is -4.69. The Hall–Kier alpha value is -6.63. The maximum absolute atomic E-state index is 13.7. The zero-order valence-corrected chi connectivity index (χ0v) is 33.5. The van der Waals surface area contributed by atoms with Crippen LogP contribution in [0.3, 0.4) is 0 Å². The van der Waals surface area contributed by atoms with Crippen LogP contribution in [0.4, 0.5) is 47.3 Å². The smallest absolute Gasteiger partial charge is 0.416 e. The van der Waals surface area contributed by atoms with E-state index in [1.807, 2.05) is 0 Å². The normalized spacial score (nSPS) is 12.1. The molecule has 2 amide bonds. The van der Waals surface area contributed by atoms with E-state index in [1.165, 1.54) is 36.4 Å². The highest BCUT2D eigenvalue weighted by Crippen LogP contribution is 2.43. The first kappa shape index (κ1) is 42.5. The molecule has 7 aromatic carbocycles. The molecule has 61 heavy (non-hydrogen) atoms. The fourth-order valence-electron chi connectivity index (χ4n) is 5.96. The van der Waals surface area contributed by atoms with Gasteiger partial charge in [-0.1, -0.05) is 83.3 Å². The number of benzene rings is 7. The number of azo groups is 2. The number of hydrogen-bond acceptors (Lipinski definition) is 10. The van der Waals surface area contributed by atoms with Gasteiger partial charge in [0.15, 0.2) is 11.5 Å². The molecule has 0 radical (unpaired) electrons. The minimum Gasteiger partial charge on any atom is -0.505 e. The number of phenolic OH excluding ortho intramolecular Hbond substituents is 2. The predicted molar refractivity (Wildman–Crippen MR) is 225 cm³/mol. The second kappa shape index (κ2) is 16.8. The molecule has 0 aliphatic rings. The Morgan fingerprint density at radius 2 is 1.07 bits per heavy atom. The molecule has 7 aromatic rings. The third-order valence-electron chi connectivity index (χ3n) is 8.96. The van der Waals surface area contributed by atoms with E-state index in [4.69, 9.17) is 34.8 Å². The molecule has 0 aliphatic carbocycles. The van der Waals surface area contributed by atoms with E-state index >= 15 is 0 Å². The van der Waals surface area contributed by atoms with Gasteiger partial charge in [0.05, 0.1) is 53.7 Å². The molecule has 0 heterocycles. The molecule has 0 saturated carbocycles. The van der Waals surface area contributed by atoms with E-state index in [-0.39, 0.29) is 65.2 Å².